The first kappa shape index (κ1) is 32.1. The molecule has 2 aromatic heterocycles. The van der Waals surface area contributed by atoms with E-state index in [1.165, 1.54) is 48.6 Å². The largest absolute Gasteiger partial charge is 0.350 e. The summed E-state index contributed by atoms with van der Waals surface area (Å²) >= 11 is 0. The Morgan fingerprint density at radius 2 is 1.78 bits per heavy atom. The van der Waals surface area contributed by atoms with Crippen LogP contribution in [0.15, 0.2) is 35.6 Å². The Balaban J connectivity index is 1.27. The van der Waals surface area contributed by atoms with Crippen LogP contribution >= 0.6 is 0 Å². The molecule has 0 aliphatic heterocycles. The number of ketones is 1. The van der Waals surface area contributed by atoms with Crippen LogP contribution in [0.25, 0.3) is 0 Å². The molecule has 6 rings (SSSR count). The summed E-state index contributed by atoms with van der Waals surface area (Å²) in [5.74, 6) is -2.59. The molecule has 4 bridgehead atoms. The number of hydrogen-bond acceptors (Lipinski definition) is 7. The molecule has 4 N–H and O–H groups in total. The average Bonchev–Trinajstić information content (AvgIpc) is 3.37. The van der Waals surface area contributed by atoms with Crippen LogP contribution in [0, 0.1) is 16.7 Å². The number of aromatic nitrogens is 3. The highest BCUT2D eigenvalue weighted by atomic mass is 16.2. The molecule has 0 radical (unpaired) electrons. The normalized spacial score (nSPS) is 27.0. The van der Waals surface area contributed by atoms with E-state index in [0.717, 1.165) is 19.3 Å². The van der Waals surface area contributed by atoms with E-state index in [0.29, 0.717) is 5.92 Å². The Morgan fingerprint density at radius 3 is 2.40 bits per heavy atom. The molecule has 0 aromatic carbocycles. The van der Waals surface area contributed by atoms with E-state index < -0.39 is 35.1 Å². The Morgan fingerprint density at radius 1 is 1.07 bits per heavy atom. The lowest BCUT2D eigenvalue weighted by Gasteiger charge is -2.65. The number of aryl methyl sites for hydroxylation is 1. The highest BCUT2D eigenvalue weighted by Gasteiger charge is 2.60. The van der Waals surface area contributed by atoms with Gasteiger partial charge in [0.25, 0.3) is 17.4 Å². The molecule has 2 unspecified atom stereocenters. The summed E-state index contributed by atoms with van der Waals surface area (Å²) < 4.78 is 2.81. The van der Waals surface area contributed by atoms with Crippen LogP contribution in [0.1, 0.15) is 82.6 Å². The molecule has 4 aliphatic rings. The monoisotopic (exact) mass is 621 g/mol. The summed E-state index contributed by atoms with van der Waals surface area (Å²) in [4.78, 5) is 81.1. The number of carbonyl (C=O) groups is 5. The Labute approximate surface area is 261 Å². The summed E-state index contributed by atoms with van der Waals surface area (Å²) in [7, 11) is 1.68. The van der Waals surface area contributed by atoms with Crippen molar-refractivity contribution in [3.05, 3.63) is 46.9 Å². The van der Waals surface area contributed by atoms with Gasteiger partial charge in [0.05, 0.1) is 6.33 Å². The summed E-state index contributed by atoms with van der Waals surface area (Å²) in [6, 6.07) is 1.71. The second-order valence-corrected chi connectivity index (χ2v) is 14.1. The summed E-state index contributed by atoms with van der Waals surface area (Å²) in [6.45, 7) is 6.39. The number of likely N-dealkylation sites (N-methyl/N-ethyl adjacent to an activating group) is 1. The molecule has 45 heavy (non-hydrogen) atoms. The van der Waals surface area contributed by atoms with Crippen LogP contribution in [-0.2, 0) is 32.8 Å². The number of anilines is 1. The standard InChI is InChI=1S/C32H43N7O6/c1-5-33-28(44)24(40)9-8-21(35-27(43)23-14-38(4)19-34-23)26(42)36-22-7-6-10-39(29(22)45)15-25(41)37-32-13-20-11-30(2,17-32)16-31(3,12-20)18-32/h6-7,10,14,19-21H,5,8-9,11-13,15-18H2,1-4H3,(H,33,44)(H,35,43)(H,36,42)(H,37,41)/t20?,21-,30?,31?,32?/m0/s1. The molecule has 13 nitrogen and oxygen atoms in total. The zero-order valence-corrected chi connectivity index (χ0v) is 26.4. The number of rotatable bonds is 12. The first-order chi connectivity index (χ1) is 21.2. The molecule has 0 saturated heterocycles. The number of nitrogens with zero attached hydrogens (tertiary/aromatic N) is 3. The van der Waals surface area contributed by atoms with Crippen molar-refractivity contribution >= 4 is 35.1 Å². The number of carbonyl (C=O) groups excluding carboxylic acids is 5. The lowest BCUT2D eigenvalue weighted by molar-refractivity contribution is -0.140. The molecule has 2 heterocycles. The van der Waals surface area contributed by atoms with E-state index in [1.807, 2.05) is 0 Å². The molecule has 4 aliphatic carbocycles. The van der Waals surface area contributed by atoms with E-state index in [-0.39, 0.29) is 59.6 Å². The number of amides is 4. The first-order valence-electron chi connectivity index (χ1n) is 15.6. The molecular weight excluding hydrogens is 578 g/mol. The number of nitrogens with one attached hydrogen (secondary N) is 4. The van der Waals surface area contributed by atoms with Crippen molar-refractivity contribution < 1.29 is 24.0 Å². The topological polar surface area (TPSA) is 173 Å². The molecule has 4 saturated carbocycles. The number of pyridine rings is 1. The molecule has 242 valence electrons. The predicted molar refractivity (Wildman–Crippen MR) is 165 cm³/mol. The smallest absolute Gasteiger partial charge is 0.287 e. The summed E-state index contributed by atoms with van der Waals surface area (Å²) in [5.41, 5.74) is -0.443. The summed E-state index contributed by atoms with van der Waals surface area (Å²) in [6.07, 6.45) is 10.3. The van der Waals surface area contributed by atoms with Gasteiger partial charge in [-0.05, 0) is 80.8 Å². The third kappa shape index (κ3) is 7.18. The SMILES string of the molecule is CCNC(=O)C(=O)CC[C@H](NC(=O)c1cn(C)cn1)C(=O)Nc1cccn(CC(=O)NC23CC4CC(C)(CC(C)(C4)C2)C3)c1=O. The fraction of sp³-hybridized carbons (Fsp3) is 0.594. The minimum Gasteiger partial charge on any atom is -0.350 e. The zero-order valence-electron chi connectivity index (χ0n) is 26.4. The molecule has 13 heteroatoms. The Kier molecular flexibility index (Phi) is 8.74. The van der Waals surface area contributed by atoms with Gasteiger partial charge < -0.3 is 30.4 Å². The van der Waals surface area contributed by atoms with Crippen molar-refractivity contribution in [2.24, 2.45) is 23.8 Å². The molecule has 2 aromatic rings. The van der Waals surface area contributed by atoms with Gasteiger partial charge in [0.1, 0.15) is 24.0 Å². The van der Waals surface area contributed by atoms with Crippen molar-refractivity contribution in [1.82, 2.24) is 30.1 Å². The van der Waals surface area contributed by atoms with E-state index in [1.54, 1.807) is 24.6 Å². The number of imidazole rings is 1. The lowest BCUT2D eigenvalue weighted by atomic mass is 9.43. The van der Waals surface area contributed by atoms with Gasteiger partial charge in [0, 0.05) is 37.9 Å². The van der Waals surface area contributed by atoms with Gasteiger partial charge in [0.15, 0.2) is 0 Å². The first-order valence-corrected chi connectivity index (χ1v) is 15.6. The third-order valence-corrected chi connectivity index (χ3v) is 9.43. The van der Waals surface area contributed by atoms with Gasteiger partial charge in [-0.1, -0.05) is 13.8 Å². The van der Waals surface area contributed by atoms with Crippen molar-refractivity contribution in [2.75, 3.05) is 11.9 Å². The van der Waals surface area contributed by atoms with Gasteiger partial charge in [-0.3, -0.25) is 28.8 Å². The zero-order chi connectivity index (χ0) is 32.6. The molecule has 0 spiro atoms. The van der Waals surface area contributed by atoms with Crippen molar-refractivity contribution in [2.45, 2.75) is 90.3 Å². The number of hydrogen-bond donors (Lipinski definition) is 4. The Hall–Kier alpha value is -4.29. The van der Waals surface area contributed by atoms with Crippen LogP contribution in [-0.4, -0.2) is 61.7 Å². The van der Waals surface area contributed by atoms with Crippen LogP contribution in [0.5, 0.6) is 0 Å². The van der Waals surface area contributed by atoms with Crippen molar-refractivity contribution in [3.63, 3.8) is 0 Å². The second kappa shape index (κ2) is 12.2. The molecule has 4 amide bonds. The minimum atomic E-state index is -1.26. The highest BCUT2D eigenvalue weighted by Crippen LogP contribution is 2.66. The van der Waals surface area contributed by atoms with Crippen LogP contribution in [0.2, 0.25) is 0 Å². The van der Waals surface area contributed by atoms with E-state index >= 15 is 0 Å². The third-order valence-electron chi connectivity index (χ3n) is 9.43. The van der Waals surface area contributed by atoms with Crippen LogP contribution in [0.4, 0.5) is 5.69 Å². The number of Topliss-reactive ketones (excluding diaryl/α,β-unsaturated/α-hetero) is 1. The molecular formula is C32H43N7O6. The maximum absolute atomic E-state index is 13.4. The second-order valence-electron chi connectivity index (χ2n) is 14.1. The van der Waals surface area contributed by atoms with Gasteiger partial charge in [-0.25, -0.2) is 4.98 Å². The van der Waals surface area contributed by atoms with Gasteiger partial charge in [-0.2, -0.15) is 0 Å². The van der Waals surface area contributed by atoms with Gasteiger partial charge >= 0.3 is 0 Å². The maximum atomic E-state index is 13.4. The highest BCUT2D eigenvalue weighted by molar-refractivity contribution is 6.36. The predicted octanol–water partition coefficient (Wildman–Crippen LogP) is 1.67. The lowest BCUT2D eigenvalue weighted by Crippen LogP contribution is -2.65. The fourth-order valence-electron chi connectivity index (χ4n) is 8.73. The van der Waals surface area contributed by atoms with E-state index in [2.05, 4.69) is 40.1 Å². The average molecular weight is 622 g/mol. The van der Waals surface area contributed by atoms with Gasteiger partial charge in [-0.15, -0.1) is 0 Å². The Bertz CT molecular complexity index is 1560. The minimum absolute atomic E-state index is 0.0560. The maximum Gasteiger partial charge on any atom is 0.287 e. The fourth-order valence-corrected chi connectivity index (χ4v) is 8.73. The quantitative estimate of drug-likeness (QED) is 0.261. The van der Waals surface area contributed by atoms with Crippen LogP contribution in [0.3, 0.4) is 0 Å². The molecule has 3 atom stereocenters. The van der Waals surface area contributed by atoms with Crippen LogP contribution < -0.4 is 26.8 Å². The summed E-state index contributed by atoms with van der Waals surface area (Å²) in [5, 5.41) is 10.8. The van der Waals surface area contributed by atoms with E-state index in [4.69, 9.17) is 0 Å². The van der Waals surface area contributed by atoms with Gasteiger partial charge in [0.2, 0.25) is 17.6 Å². The van der Waals surface area contributed by atoms with Crippen molar-refractivity contribution in [3.8, 4) is 0 Å². The van der Waals surface area contributed by atoms with E-state index in [9.17, 15) is 28.8 Å². The molecule has 4 fully saturated rings. The van der Waals surface area contributed by atoms with Crippen molar-refractivity contribution in [1.29, 1.82) is 0 Å².